The van der Waals surface area contributed by atoms with Crippen LogP contribution in [-0.4, -0.2) is 54.5 Å². The second-order valence-corrected chi connectivity index (χ2v) is 8.34. The Morgan fingerprint density at radius 1 is 1.36 bits per heavy atom. The maximum Gasteiger partial charge on any atom is 0.748 e. The Morgan fingerprint density at radius 3 is 2.60 bits per heavy atom. The van der Waals surface area contributed by atoms with Crippen LogP contribution >= 0.6 is 15.6 Å². The Kier molecular flexibility index (Phi) is 4.62. The van der Waals surface area contributed by atoms with E-state index in [0.717, 1.165) is 20.9 Å². The van der Waals surface area contributed by atoms with Gasteiger partial charge in [0.2, 0.25) is 0 Å². The molecule has 5 N–H and O–H groups in total. The Bertz CT molecular complexity index is 874. The molecule has 1 aromatic heterocycles. The molecule has 16 heteroatoms. The molecule has 140 valence electrons. The van der Waals surface area contributed by atoms with Crippen molar-refractivity contribution in [1.82, 2.24) is 9.55 Å². The van der Waals surface area contributed by atoms with Gasteiger partial charge in [0.05, 0.1) is 11.3 Å². The first-order valence-corrected chi connectivity index (χ1v) is 9.61. The molecule has 2 saturated heterocycles. The lowest BCUT2D eigenvalue weighted by atomic mass is 10.1. The van der Waals surface area contributed by atoms with E-state index in [0.29, 0.717) is 0 Å². The first kappa shape index (κ1) is 18.6. The van der Waals surface area contributed by atoms with Crippen molar-refractivity contribution in [3.05, 3.63) is 33.1 Å². The molecule has 1 aromatic rings. The average molecular weight is 403 g/mol. The average Bonchev–Trinajstić information content (AvgIpc) is 3.12. The molecular weight excluding hydrogens is 390 g/mol. The lowest BCUT2D eigenvalue weighted by Gasteiger charge is -2.16. The topological polar surface area (TPSA) is 204 Å². The van der Waals surface area contributed by atoms with Gasteiger partial charge in [-0.25, -0.2) is 9.32 Å². The quantitative estimate of drug-likeness (QED) is 0.155. The van der Waals surface area contributed by atoms with Crippen LogP contribution in [0.1, 0.15) is 6.23 Å². The number of nitrogens with one attached hydrogen (secondary N) is 1. The number of aliphatic hydroxyl groups excluding tert-OH is 2. The number of ether oxygens (including phenoxy) is 1. The molecule has 2 fully saturated rings. The zero-order valence-corrected chi connectivity index (χ0v) is 13.9. The standard InChI is InChI=1S/C9H12N2O12P2/c12-5-1-2-11(9(15)10-5)8-7(14)6(13)4(21-8)3-20-25(19)22-23(25)24(16,17)18/h1-2,4,6-8,13-14H,3H2,(H2-,10,12,15,16,17,18)/p+1/t4-,6-,7-,8-,25-/m1/s1. The third-order valence-electron chi connectivity index (χ3n) is 3.39. The maximum atomic E-state index is 11.7. The maximum absolute atomic E-state index is 11.7. The number of hydrogen-bond acceptors (Lipinski definition) is 9. The zero-order chi connectivity index (χ0) is 18.6. The number of hydrogen-bond donors (Lipinski definition) is 5. The van der Waals surface area contributed by atoms with E-state index in [2.05, 4.69) is 4.67 Å². The van der Waals surface area contributed by atoms with E-state index in [-0.39, 0.29) is 0 Å². The van der Waals surface area contributed by atoms with Gasteiger partial charge in [-0.1, -0.05) is 4.09 Å². The van der Waals surface area contributed by atoms with Crippen LogP contribution in [0.15, 0.2) is 21.9 Å². The van der Waals surface area contributed by atoms with E-state index in [1.807, 2.05) is 4.98 Å². The van der Waals surface area contributed by atoms with Gasteiger partial charge in [-0.15, -0.1) is 0 Å². The van der Waals surface area contributed by atoms with Crippen LogP contribution in [0.2, 0.25) is 0 Å². The number of rotatable bonds is 5. The van der Waals surface area contributed by atoms with Crippen LogP contribution in [0.5, 0.6) is 0 Å². The van der Waals surface area contributed by atoms with Gasteiger partial charge < -0.3 is 14.9 Å². The predicted molar refractivity (Wildman–Crippen MR) is 75.0 cm³/mol. The second-order valence-electron chi connectivity index (χ2n) is 5.10. The largest absolute Gasteiger partial charge is 0.748 e. The number of H-pyrrole nitrogens is 1. The van der Waals surface area contributed by atoms with Crippen LogP contribution < -0.4 is 11.2 Å². The van der Waals surface area contributed by atoms with Crippen molar-refractivity contribution in [2.45, 2.75) is 24.5 Å². The Hall–Kier alpha value is -1.18. The van der Waals surface area contributed by atoms with E-state index in [4.69, 9.17) is 19.0 Å². The third kappa shape index (κ3) is 3.55. The number of nitrogens with zero attached hydrogens (tertiary/aromatic N) is 1. The van der Waals surface area contributed by atoms with E-state index >= 15 is 0 Å². The van der Waals surface area contributed by atoms with Gasteiger partial charge in [-0.3, -0.25) is 24.1 Å². The minimum absolute atomic E-state index is 0.673. The number of aliphatic hydroxyl groups is 2. The predicted octanol–water partition coefficient (Wildman–Crippen LogP) is -2.13. The highest BCUT2D eigenvalue weighted by Crippen LogP contribution is 2.84. The van der Waals surface area contributed by atoms with Gasteiger partial charge in [-0.2, -0.15) is 9.13 Å². The molecule has 0 saturated carbocycles. The van der Waals surface area contributed by atoms with E-state index in [1.165, 1.54) is 0 Å². The van der Waals surface area contributed by atoms with Crippen molar-refractivity contribution in [2.24, 2.45) is 0 Å². The third-order valence-corrected chi connectivity index (χ3v) is 6.36. The summed E-state index contributed by atoms with van der Waals surface area (Å²) in [6.07, 6.45) is -4.80. The monoisotopic (exact) mass is 403 g/mol. The lowest BCUT2D eigenvalue weighted by molar-refractivity contribution is -0.0536. The van der Waals surface area contributed by atoms with Crippen molar-refractivity contribution in [1.29, 1.82) is 0 Å². The van der Waals surface area contributed by atoms with Crippen LogP contribution in [-0.2, 0) is 27.2 Å². The van der Waals surface area contributed by atoms with Gasteiger partial charge in [0.15, 0.2) is 6.23 Å². The summed E-state index contributed by atoms with van der Waals surface area (Å²) in [4.78, 5) is 42.2. The summed E-state index contributed by atoms with van der Waals surface area (Å²) in [6.45, 7) is -0.673. The number of aromatic nitrogens is 2. The Morgan fingerprint density at radius 2 is 2.04 bits per heavy atom. The summed E-state index contributed by atoms with van der Waals surface area (Å²) in [5.41, 5.74) is -1.57. The zero-order valence-electron chi connectivity index (χ0n) is 12.1. The van der Waals surface area contributed by atoms with Gasteiger partial charge in [0, 0.05) is 12.3 Å². The summed E-state index contributed by atoms with van der Waals surface area (Å²) < 4.78 is 38.3. The normalized spacial score (nSPS) is 35.8. The van der Waals surface area contributed by atoms with E-state index < -0.39 is 58.0 Å². The first-order valence-electron chi connectivity index (χ1n) is 6.62. The van der Waals surface area contributed by atoms with Gasteiger partial charge in [0.25, 0.3) is 5.56 Å². The highest BCUT2D eigenvalue weighted by molar-refractivity contribution is 7.66. The first-order chi connectivity index (χ1) is 11.5. The van der Waals surface area contributed by atoms with Gasteiger partial charge in [-0.05, 0) is 0 Å². The lowest BCUT2D eigenvalue weighted by Crippen LogP contribution is -2.37. The fraction of sp³-hybridized carbons (Fsp3) is 0.556. The second kappa shape index (κ2) is 6.21. The summed E-state index contributed by atoms with van der Waals surface area (Å²) in [7, 11) is -9.26. The Balaban J connectivity index is 1.69. The molecule has 2 aliphatic rings. The van der Waals surface area contributed by atoms with Gasteiger partial charge >= 0.3 is 21.3 Å². The van der Waals surface area contributed by atoms with Gasteiger partial charge in [0.1, 0.15) is 18.3 Å². The van der Waals surface area contributed by atoms with Crippen LogP contribution in [0, 0.1) is 0 Å². The molecule has 2 aliphatic heterocycles. The van der Waals surface area contributed by atoms with E-state index in [1.54, 1.807) is 0 Å². The Labute approximate surface area is 137 Å². The molecule has 25 heavy (non-hydrogen) atoms. The van der Waals surface area contributed by atoms with Crippen molar-refractivity contribution in [3.63, 3.8) is 0 Å². The SMILES string of the molecule is O=c1ccn([C@@H]2O[C@H](CO[P@]3(=O)O[O+]3P(=O)(O)O)[C@@H](O)[C@H]2O)c(=O)[nH]1. The molecular formula is C9H13N2O12P2+. The molecule has 0 bridgehead atoms. The molecule has 0 radical (unpaired) electrons. The fourth-order valence-corrected chi connectivity index (χ4v) is 4.74. The molecule has 0 aliphatic carbocycles. The molecule has 0 unspecified atom stereocenters. The minimum Gasteiger partial charge on any atom is -0.387 e. The van der Waals surface area contributed by atoms with Crippen molar-refractivity contribution < 1.29 is 47.2 Å². The molecule has 5 atom stereocenters. The summed E-state index contributed by atoms with van der Waals surface area (Å²) in [5, 5.41) is 19.9. The molecule has 0 amide bonds. The summed E-state index contributed by atoms with van der Waals surface area (Å²) in [5.74, 6) is 0. The van der Waals surface area contributed by atoms with Crippen molar-refractivity contribution in [3.8, 4) is 0 Å². The highest BCUT2D eigenvalue weighted by atomic mass is 31.3. The smallest absolute Gasteiger partial charge is 0.387 e. The molecule has 3 heterocycles. The van der Waals surface area contributed by atoms with Crippen molar-refractivity contribution in [2.75, 3.05) is 6.61 Å². The van der Waals surface area contributed by atoms with Crippen LogP contribution in [0.25, 0.3) is 0 Å². The minimum atomic E-state index is -5.00. The van der Waals surface area contributed by atoms with Crippen LogP contribution in [0.3, 0.4) is 0 Å². The van der Waals surface area contributed by atoms with Crippen molar-refractivity contribution >= 4 is 15.6 Å². The summed E-state index contributed by atoms with van der Waals surface area (Å²) in [6, 6.07) is 0.998. The highest BCUT2D eigenvalue weighted by Gasteiger charge is 2.79. The number of aromatic amines is 1. The summed E-state index contributed by atoms with van der Waals surface area (Å²) >= 11 is 0. The van der Waals surface area contributed by atoms with Crippen LogP contribution in [0.4, 0.5) is 0 Å². The molecule has 3 rings (SSSR count). The molecule has 14 nitrogen and oxygen atoms in total. The fourth-order valence-electron chi connectivity index (χ4n) is 2.20. The molecule has 0 spiro atoms. The van der Waals surface area contributed by atoms with E-state index in [9.17, 15) is 28.9 Å². The molecule has 0 aromatic carbocycles.